The van der Waals surface area contributed by atoms with Gasteiger partial charge in [-0.15, -0.1) is 4.31 Å². The standard InChI is InChI=1S/C48H51FN4O3SSi/c1-5-6-29-57(55)53-34-39-31-43(47(54)51-33-38-17-13-14-25-42(38)49)52-46(36-19-15-18-35(30-36)37-20-16-27-50-32-37)45(39)44(53)26-28-56-58(48(2,3)4,40-21-9-7-10-22-40)41-23-11-8-12-24-41/h7-25,27,30-32,44H,5-6,26,28-29,33-34H2,1-4H3,(H,51,54)/t44-,57?/m1/s1. The first-order valence-electron chi connectivity index (χ1n) is 20.1. The highest BCUT2D eigenvalue weighted by atomic mass is 32.2. The summed E-state index contributed by atoms with van der Waals surface area (Å²) in [6.45, 7) is 9.74. The van der Waals surface area contributed by atoms with Crippen LogP contribution in [0.15, 0.2) is 140 Å². The Hall–Kier alpha value is -4.97. The van der Waals surface area contributed by atoms with E-state index in [4.69, 9.17) is 9.41 Å². The van der Waals surface area contributed by atoms with E-state index in [2.05, 4.69) is 96.9 Å². The third-order valence-corrected chi connectivity index (χ3v) is 17.6. The van der Waals surface area contributed by atoms with Crippen LogP contribution in [0, 0.1) is 5.82 Å². The van der Waals surface area contributed by atoms with Crippen LogP contribution in [-0.4, -0.2) is 45.4 Å². The predicted molar refractivity (Wildman–Crippen MR) is 235 cm³/mol. The van der Waals surface area contributed by atoms with Crippen molar-refractivity contribution in [3.8, 4) is 22.4 Å². The number of rotatable bonds is 15. The lowest BCUT2D eigenvalue weighted by Gasteiger charge is -2.43. The fraction of sp³-hybridized carbons (Fsp3) is 0.271. The SMILES string of the molecule is CCCC[S+]([O-])N1Cc2cc(C(=O)NCc3ccccc3F)nc(-c3cccc(-c4cccnc4)c3)c2[C@H]1CCO[Si](c1ccccc1)(c1ccccc1)C(C)(C)C. The van der Waals surface area contributed by atoms with E-state index in [1.807, 2.05) is 54.7 Å². The van der Waals surface area contributed by atoms with Crippen LogP contribution in [0.1, 0.15) is 80.2 Å². The van der Waals surface area contributed by atoms with Gasteiger partial charge in [0.1, 0.15) is 17.3 Å². The van der Waals surface area contributed by atoms with Crippen LogP contribution in [0.3, 0.4) is 0 Å². The third kappa shape index (κ3) is 8.72. The molecule has 4 aromatic carbocycles. The Bertz CT molecular complexity index is 2270. The van der Waals surface area contributed by atoms with Gasteiger partial charge in [-0.25, -0.2) is 9.37 Å². The first-order chi connectivity index (χ1) is 28.1. The molecule has 6 aromatic rings. The van der Waals surface area contributed by atoms with Gasteiger partial charge in [0.2, 0.25) is 0 Å². The Morgan fingerprint density at radius 3 is 2.22 bits per heavy atom. The molecule has 0 radical (unpaired) electrons. The highest BCUT2D eigenvalue weighted by Crippen LogP contribution is 2.45. The zero-order valence-corrected chi connectivity index (χ0v) is 35.5. The number of carbonyl (C=O) groups is 1. The van der Waals surface area contributed by atoms with E-state index < -0.39 is 25.6 Å². The van der Waals surface area contributed by atoms with Crippen molar-refractivity contribution < 1.29 is 18.2 Å². The molecule has 1 unspecified atom stereocenters. The molecule has 7 nitrogen and oxygen atoms in total. The summed E-state index contributed by atoms with van der Waals surface area (Å²) in [6, 6.07) is 41.2. The Morgan fingerprint density at radius 1 is 0.897 bits per heavy atom. The van der Waals surface area contributed by atoms with Crippen molar-refractivity contribution in [2.75, 3.05) is 12.4 Å². The smallest absolute Gasteiger partial charge is 0.270 e. The van der Waals surface area contributed by atoms with E-state index in [1.165, 1.54) is 16.4 Å². The molecule has 2 atom stereocenters. The second-order valence-corrected chi connectivity index (χ2v) is 21.6. The number of fused-ring (bicyclic) bond motifs is 1. The number of amides is 1. The van der Waals surface area contributed by atoms with E-state index >= 15 is 0 Å². The summed E-state index contributed by atoms with van der Waals surface area (Å²) in [6.07, 6.45) is 5.89. The average molecular weight is 811 g/mol. The highest BCUT2D eigenvalue weighted by molar-refractivity contribution is 7.89. The monoisotopic (exact) mass is 810 g/mol. The van der Waals surface area contributed by atoms with Gasteiger partial charge in [0.15, 0.2) is 0 Å². The Balaban J connectivity index is 1.31. The zero-order valence-electron chi connectivity index (χ0n) is 33.7. The van der Waals surface area contributed by atoms with Gasteiger partial charge in [0, 0.05) is 59.2 Å². The molecule has 1 N–H and O–H groups in total. The number of aromatic nitrogens is 2. The van der Waals surface area contributed by atoms with Gasteiger partial charge < -0.3 is 14.3 Å². The van der Waals surface area contributed by atoms with Crippen molar-refractivity contribution in [1.29, 1.82) is 0 Å². The number of halogens is 1. The Labute approximate surface area is 346 Å². The molecule has 0 fully saturated rings. The molecule has 0 bridgehead atoms. The molecular weight excluding hydrogens is 760 g/mol. The van der Waals surface area contributed by atoms with Crippen LogP contribution in [-0.2, 0) is 28.9 Å². The summed E-state index contributed by atoms with van der Waals surface area (Å²) < 4.78 is 38.3. The minimum absolute atomic E-state index is 0.0193. The fourth-order valence-corrected chi connectivity index (χ4v) is 14.3. The van der Waals surface area contributed by atoms with Crippen molar-refractivity contribution in [2.45, 2.75) is 71.1 Å². The summed E-state index contributed by atoms with van der Waals surface area (Å²) in [5.41, 5.74) is 5.87. The molecule has 0 spiro atoms. The van der Waals surface area contributed by atoms with Gasteiger partial charge in [-0.3, -0.25) is 9.78 Å². The number of pyridine rings is 2. The number of unbranched alkanes of at least 4 members (excludes halogenated alkanes) is 1. The minimum Gasteiger partial charge on any atom is -0.598 e. The van der Waals surface area contributed by atoms with Gasteiger partial charge in [0.25, 0.3) is 14.2 Å². The lowest BCUT2D eigenvalue weighted by molar-refractivity contribution is 0.0945. The largest absolute Gasteiger partial charge is 0.598 e. The first-order valence-corrected chi connectivity index (χ1v) is 23.3. The van der Waals surface area contributed by atoms with E-state index in [-0.39, 0.29) is 29.1 Å². The fourth-order valence-electron chi connectivity index (χ4n) is 8.13. The van der Waals surface area contributed by atoms with Gasteiger partial charge in [-0.2, -0.15) is 0 Å². The summed E-state index contributed by atoms with van der Waals surface area (Å²) in [5.74, 6) is -0.259. The average Bonchev–Trinajstić information content (AvgIpc) is 3.62. The molecule has 0 saturated carbocycles. The summed E-state index contributed by atoms with van der Waals surface area (Å²) in [4.78, 5) is 23.3. The van der Waals surface area contributed by atoms with E-state index in [0.29, 0.717) is 36.6 Å². The summed E-state index contributed by atoms with van der Waals surface area (Å²) in [7, 11) is -2.87. The molecule has 3 heterocycles. The van der Waals surface area contributed by atoms with Crippen molar-refractivity contribution >= 4 is 36.0 Å². The number of benzene rings is 4. The molecule has 1 aliphatic rings. The maximum absolute atomic E-state index is 14.6. The van der Waals surface area contributed by atoms with Crippen molar-refractivity contribution in [3.63, 3.8) is 0 Å². The van der Waals surface area contributed by atoms with Crippen LogP contribution in [0.2, 0.25) is 5.04 Å². The maximum atomic E-state index is 14.6. The Morgan fingerprint density at radius 2 is 1.57 bits per heavy atom. The van der Waals surface area contributed by atoms with Gasteiger partial charge in [-0.05, 0) is 63.6 Å². The van der Waals surface area contributed by atoms with Crippen molar-refractivity contribution in [3.05, 3.63) is 168 Å². The van der Waals surface area contributed by atoms with Crippen molar-refractivity contribution in [1.82, 2.24) is 19.6 Å². The number of nitrogens with zero attached hydrogens (tertiary/aromatic N) is 3. The molecule has 7 rings (SSSR count). The topological polar surface area (TPSA) is 90.4 Å². The third-order valence-electron chi connectivity index (χ3n) is 11.0. The van der Waals surface area contributed by atoms with Crippen LogP contribution in [0.4, 0.5) is 4.39 Å². The lowest BCUT2D eigenvalue weighted by atomic mass is 9.94. The molecular formula is C48H51FN4O3SSi. The molecule has 0 saturated heterocycles. The first kappa shape index (κ1) is 41.2. The summed E-state index contributed by atoms with van der Waals surface area (Å²) in [5, 5.41) is 5.08. The second-order valence-electron chi connectivity index (χ2n) is 15.8. The molecule has 10 heteroatoms. The molecule has 1 amide bonds. The van der Waals surface area contributed by atoms with Gasteiger partial charge in [0.05, 0.1) is 18.3 Å². The normalized spacial score (nSPS) is 14.9. The van der Waals surface area contributed by atoms with Crippen LogP contribution in [0.25, 0.3) is 22.4 Å². The quantitative estimate of drug-likeness (QED) is 0.0823. The number of hydrogen-bond donors (Lipinski definition) is 1. The molecule has 298 valence electrons. The molecule has 0 aliphatic carbocycles. The van der Waals surface area contributed by atoms with Crippen LogP contribution in [0.5, 0.6) is 0 Å². The van der Waals surface area contributed by atoms with Gasteiger partial charge in [-0.1, -0.05) is 137 Å². The van der Waals surface area contributed by atoms with Crippen LogP contribution < -0.4 is 15.7 Å². The minimum atomic E-state index is -2.87. The van der Waals surface area contributed by atoms with E-state index in [0.717, 1.165) is 40.7 Å². The molecule has 1 aliphatic heterocycles. The summed E-state index contributed by atoms with van der Waals surface area (Å²) >= 11 is -1.30. The van der Waals surface area contributed by atoms with E-state index in [9.17, 15) is 13.7 Å². The van der Waals surface area contributed by atoms with Crippen molar-refractivity contribution in [2.24, 2.45) is 0 Å². The van der Waals surface area contributed by atoms with E-state index in [1.54, 1.807) is 24.4 Å². The number of nitrogens with one attached hydrogen (secondary N) is 1. The molecule has 58 heavy (non-hydrogen) atoms. The number of carbonyl (C=O) groups excluding carboxylic acids is 1. The Kier molecular flexibility index (Phi) is 13.0. The predicted octanol–water partition coefficient (Wildman–Crippen LogP) is 9.17. The lowest BCUT2D eigenvalue weighted by Crippen LogP contribution is -2.66. The number of hydrogen-bond acceptors (Lipinski definition) is 6. The van der Waals surface area contributed by atoms with Gasteiger partial charge >= 0.3 is 0 Å². The molecule has 2 aromatic heterocycles. The second kappa shape index (κ2) is 18.3. The zero-order chi connectivity index (χ0) is 40.7. The highest BCUT2D eigenvalue weighted by Gasteiger charge is 2.50. The maximum Gasteiger partial charge on any atom is 0.270 e. The van der Waals surface area contributed by atoms with Crippen LogP contribution >= 0.6 is 0 Å².